The quantitative estimate of drug-likeness (QED) is 0.815. The molecule has 0 aromatic heterocycles. The number of nitrogens with one attached hydrogen (secondary N) is 1. The summed E-state index contributed by atoms with van der Waals surface area (Å²) in [5, 5.41) is 3.33. The number of hydrogen-bond acceptors (Lipinski definition) is 5. The molecule has 148 valence electrons. The van der Waals surface area contributed by atoms with Gasteiger partial charge in [0.1, 0.15) is 12.4 Å². The highest BCUT2D eigenvalue weighted by atomic mass is 19.2. The highest BCUT2D eigenvalue weighted by Crippen LogP contribution is 2.32. The molecule has 2 aromatic carbocycles. The van der Waals surface area contributed by atoms with Gasteiger partial charge in [-0.25, -0.2) is 18.2 Å². The van der Waals surface area contributed by atoms with Gasteiger partial charge in [0.2, 0.25) is 0 Å². The lowest BCUT2D eigenvalue weighted by Gasteiger charge is -2.37. The van der Waals surface area contributed by atoms with Crippen molar-refractivity contribution in [2.24, 2.45) is 4.99 Å². The number of aliphatic imine (C=N–C) groups is 1. The Kier molecular flexibility index (Phi) is 5.38. The average Bonchev–Trinajstić information content (AvgIpc) is 2.72. The fourth-order valence-corrected chi connectivity index (χ4v) is 3.43. The van der Waals surface area contributed by atoms with Crippen LogP contribution in [0.2, 0.25) is 0 Å². The van der Waals surface area contributed by atoms with Crippen LogP contribution in [0.15, 0.2) is 41.4 Å². The zero-order valence-corrected chi connectivity index (χ0v) is 15.3. The van der Waals surface area contributed by atoms with Gasteiger partial charge in [-0.3, -0.25) is 0 Å². The molecule has 0 amide bonds. The molecule has 1 fully saturated rings. The predicted octanol–water partition coefficient (Wildman–Crippen LogP) is 2.94. The number of halogens is 3. The zero-order valence-electron chi connectivity index (χ0n) is 15.3. The van der Waals surface area contributed by atoms with Crippen LogP contribution in [0.4, 0.5) is 24.5 Å². The number of anilines is 1. The van der Waals surface area contributed by atoms with Gasteiger partial charge in [0.25, 0.3) is 0 Å². The highest BCUT2D eigenvalue weighted by molar-refractivity contribution is 5.94. The van der Waals surface area contributed by atoms with E-state index in [-0.39, 0.29) is 12.4 Å². The largest absolute Gasteiger partial charge is 0.489 e. The second-order valence-electron chi connectivity index (χ2n) is 6.72. The second-order valence-corrected chi connectivity index (χ2v) is 6.72. The molecule has 1 N–H and O–H groups in total. The lowest BCUT2D eigenvalue weighted by molar-refractivity contribution is 0.302. The first-order valence-electron chi connectivity index (χ1n) is 9.26. The standard InChI is InChI=1S/C20H21F3N4O/c21-14-11-16(23)19(12-15(14)22)28-10-9-27-13-20(26-7-5-24-6-8-26)25-17-3-1-2-4-18(17)27/h1-4,11-12,24H,5-10,13H2. The Balaban J connectivity index is 1.46. The van der Waals surface area contributed by atoms with Gasteiger partial charge in [-0.2, -0.15) is 0 Å². The minimum Gasteiger partial charge on any atom is -0.489 e. The van der Waals surface area contributed by atoms with Crippen molar-refractivity contribution in [2.45, 2.75) is 0 Å². The molecule has 0 atom stereocenters. The van der Waals surface area contributed by atoms with Gasteiger partial charge in [0, 0.05) is 38.3 Å². The molecule has 0 unspecified atom stereocenters. The first kappa shape index (κ1) is 18.6. The van der Waals surface area contributed by atoms with Crippen molar-refractivity contribution in [2.75, 3.05) is 50.8 Å². The van der Waals surface area contributed by atoms with E-state index in [9.17, 15) is 13.2 Å². The molecular formula is C20H21F3N4O. The van der Waals surface area contributed by atoms with Crippen molar-refractivity contribution >= 4 is 17.2 Å². The monoisotopic (exact) mass is 390 g/mol. The van der Waals surface area contributed by atoms with E-state index >= 15 is 0 Å². The molecule has 5 nitrogen and oxygen atoms in total. The Morgan fingerprint density at radius 1 is 1.00 bits per heavy atom. The number of ether oxygens (including phenoxy) is 1. The Bertz CT molecular complexity index is 884. The summed E-state index contributed by atoms with van der Waals surface area (Å²) in [7, 11) is 0. The summed E-state index contributed by atoms with van der Waals surface area (Å²) < 4.78 is 45.5. The minimum atomic E-state index is -1.23. The van der Waals surface area contributed by atoms with Gasteiger partial charge in [0.15, 0.2) is 23.2 Å². The summed E-state index contributed by atoms with van der Waals surface area (Å²) in [5.74, 6) is -2.58. The van der Waals surface area contributed by atoms with Crippen LogP contribution >= 0.6 is 0 Å². The van der Waals surface area contributed by atoms with Crippen LogP contribution in [0, 0.1) is 17.5 Å². The molecule has 8 heteroatoms. The van der Waals surface area contributed by atoms with Crippen molar-refractivity contribution in [3.63, 3.8) is 0 Å². The van der Waals surface area contributed by atoms with E-state index in [2.05, 4.69) is 15.1 Å². The number of para-hydroxylation sites is 2. The molecule has 2 heterocycles. The fourth-order valence-electron chi connectivity index (χ4n) is 3.43. The van der Waals surface area contributed by atoms with Gasteiger partial charge in [-0.15, -0.1) is 0 Å². The summed E-state index contributed by atoms with van der Waals surface area (Å²) in [4.78, 5) is 9.17. The Labute approximate surface area is 161 Å². The molecule has 0 aliphatic carbocycles. The van der Waals surface area contributed by atoms with E-state index in [0.29, 0.717) is 19.2 Å². The normalized spacial score (nSPS) is 16.6. The topological polar surface area (TPSA) is 40.1 Å². The van der Waals surface area contributed by atoms with Crippen LogP contribution < -0.4 is 15.0 Å². The summed E-state index contributed by atoms with van der Waals surface area (Å²) in [6.45, 7) is 4.82. The highest BCUT2D eigenvalue weighted by Gasteiger charge is 2.24. The van der Waals surface area contributed by atoms with Crippen LogP contribution in [0.25, 0.3) is 0 Å². The number of piperazine rings is 1. The number of benzene rings is 2. The van der Waals surface area contributed by atoms with E-state index in [0.717, 1.165) is 49.5 Å². The van der Waals surface area contributed by atoms with Crippen LogP contribution in [-0.4, -0.2) is 56.6 Å². The minimum absolute atomic E-state index is 0.130. The van der Waals surface area contributed by atoms with Gasteiger partial charge >= 0.3 is 0 Å². The van der Waals surface area contributed by atoms with E-state index in [1.165, 1.54) is 0 Å². The Morgan fingerprint density at radius 2 is 1.75 bits per heavy atom. The van der Waals surface area contributed by atoms with Gasteiger partial charge < -0.3 is 19.9 Å². The van der Waals surface area contributed by atoms with Gasteiger partial charge in [-0.05, 0) is 12.1 Å². The maximum atomic E-state index is 13.8. The lowest BCUT2D eigenvalue weighted by atomic mass is 10.2. The van der Waals surface area contributed by atoms with Crippen molar-refractivity contribution in [1.29, 1.82) is 0 Å². The predicted molar refractivity (Wildman–Crippen MR) is 102 cm³/mol. The molecular weight excluding hydrogens is 369 g/mol. The van der Waals surface area contributed by atoms with Crippen molar-refractivity contribution in [1.82, 2.24) is 10.2 Å². The summed E-state index contributed by atoms with van der Waals surface area (Å²) in [6.07, 6.45) is 0. The number of fused-ring (bicyclic) bond motifs is 1. The molecule has 1 saturated heterocycles. The molecule has 2 aliphatic heterocycles. The smallest absolute Gasteiger partial charge is 0.168 e. The maximum Gasteiger partial charge on any atom is 0.168 e. The third kappa shape index (κ3) is 3.91. The third-order valence-corrected chi connectivity index (χ3v) is 4.88. The summed E-state index contributed by atoms with van der Waals surface area (Å²) in [5.41, 5.74) is 1.84. The van der Waals surface area contributed by atoms with E-state index in [4.69, 9.17) is 9.73 Å². The van der Waals surface area contributed by atoms with E-state index in [1.807, 2.05) is 24.3 Å². The van der Waals surface area contributed by atoms with Crippen LogP contribution in [0.5, 0.6) is 5.75 Å². The van der Waals surface area contributed by atoms with Crippen LogP contribution in [-0.2, 0) is 0 Å². The molecule has 0 radical (unpaired) electrons. The SMILES string of the molecule is Fc1cc(F)c(OCCN2CC(N3CCNCC3)=Nc3ccccc32)cc1F. The summed E-state index contributed by atoms with van der Waals surface area (Å²) in [6, 6.07) is 9.05. The average molecular weight is 390 g/mol. The number of hydrogen-bond donors (Lipinski definition) is 1. The third-order valence-electron chi connectivity index (χ3n) is 4.88. The molecule has 0 spiro atoms. The first-order valence-corrected chi connectivity index (χ1v) is 9.26. The van der Waals surface area contributed by atoms with Gasteiger partial charge in [-0.1, -0.05) is 12.1 Å². The van der Waals surface area contributed by atoms with Crippen molar-refractivity contribution in [3.05, 3.63) is 53.8 Å². The molecule has 0 bridgehead atoms. The Morgan fingerprint density at radius 3 is 2.57 bits per heavy atom. The molecule has 4 rings (SSSR count). The van der Waals surface area contributed by atoms with Crippen LogP contribution in [0.1, 0.15) is 0 Å². The number of amidine groups is 1. The second kappa shape index (κ2) is 8.10. The van der Waals surface area contributed by atoms with Gasteiger partial charge in [0.05, 0.1) is 24.5 Å². The van der Waals surface area contributed by atoms with Crippen molar-refractivity contribution < 1.29 is 17.9 Å². The molecule has 0 saturated carbocycles. The molecule has 2 aliphatic rings. The Hall–Kier alpha value is -2.74. The fraction of sp³-hybridized carbons (Fsp3) is 0.350. The molecule has 2 aromatic rings. The van der Waals surface area contributed by atoms with Crippen molar-refractivity contribution in [3.8, 4) is 5.75 Å². The molecule has 28 heavy (non-hydrogen) atoms. The van der Waals surface area contributed by atoms with E-state index < -0.39 is 17.5 Å². The summed E-state index contributed by atoms with van der Waals surface area (Å²) >= 11 is 0. The lowest BCUT2D eigenvalue weighted by Crippen LogP contribution is -2.51. The van der Waals surface area contributed by atoms with E-state index in [1.54, 1.807) is 0 Å². The van der Waals surface area contributed by atoms with Crippen LogP contribution in [0.3, 0.4) is 0 Å². The first-order chi connectivity index (χ1) is 13.6. The number of rotatable bonds is 4. The number of nitrogens with zero attached hydrogens (tertiary/aromatic N) is 3. The maximum absolute atomic E-state index is 13.8. The zero-order chi connectivity index (χ0) is 19.5.